The maximum atomic E-state index is 3.69. The number of nitrogens with one attached hydrogen (secondary N) is 2. The fourth-order valence-corrected chi connectivity index (χ4v) is 5.17. The van der Waals surface area contributed by atoms with E-state index in [1.165, 1.54) is 62.1 Å². The van der Waals surface area contributed by atoms with Crippen molar-refractivity contribution in [2.45, 2.75) is 19.4 Å². The third-order valence-corrected chi connectivity index (χ3v) is 6.80. The van der Waals surface area contributed by atoms with E-state index in [2.05, 4.69) is 52.3 Å². The Morgan fingerprint density at radius 3 is 2.41 bits per heavy atom. The average Bonchev–Trinajstić information content (AvgIpc) is 3.14. The molecule has 1 aromatic rings. The largest absolute Gasteiger partial charge is 0.325 e. The van der Waals surface area contributed by atoms with E-state index in [1.807, 2.05) is 4.90 Å². The molecule has 1 saturated carbocycles. The van der Waals surface area contributed by atoms with E-state index in [4.69, 9.17) is 0 Å². The Labute approximate surface area is 142 Å². The molecule has 2 nitrogen and oxygen atoms in total. The Morgan fingerprint density at radius 1 is 0.955 bits per heavy atom. The van der Waals surface area contributed by atoms with E-state index in [-0.39, 0.29) is 0 Å². The zero-order valence-corrected chi connectivity index (χ0v) is 14.8. The number of allylic oxidation sites excluding steroid dienone is 2. The van der Waals surface area contributed by atoms with Crippen molar-refractivity contribution in [3.05, 3.63) is 46.5 Å². The molecule has 2 fully saturated rings. The van der Waals surface area contributed by atoms with Gasteiger partial charge in [-0.05, 0) is 30.7 Å². The molecule has 0 radical (unpaired) electrons. The molecule has 3 aliphatic rings. The molecule has 0 spiro atoms. The van der Waals surface area contributed by atoms with Crippen LogP contribution >= 0.6 is 15.9 Å². The second-order valence-electron chi connectivity index (χ2n) is 7.51. The summed E-state index contributed by atoms with van der Waals surface area (Å²) in [4.78, 5) is 3.62. The topological polar surface area (TPSA) is 8.88 Å². The number of benzene rings is 1. The summed E-state index contributed by atoms with van der Waals surface area (Å²) in [5.74, 6) is 2.83. The highest BCUT2D eigenvalue weighted by atomic mass is 79.9. The van der Waals surface area contributed by atoms with Gasteiger partial charge in [0.15, 0.2) is 0 Å². The maximum Gasteiger partial charge on any atom is 0.127 e. The minimum atomic E-state index is 0.920. The second kappa shape index (κ2) is 6.46. The van der Waals surface area contributed by atoms with Crippen LogP contribution in [0.5, 0.6) is 0 Å². The van der Waals surface area contributed by atoms with E-state index in [9.17, 15) is 0 Å². The summed E-state index contributed by atoms with van der Waals surface area (Å²) < 4.78 is 1.27. The van der Waals surface area contributed by atoms with Gasteiger partial charge in [-0.2, -0.15) is 0 Å². The smallest absolute Gasteiger partial charge is 0.127 e. The maximum absolute atomic E-state index is 3.69. The molecule has 0 amide bonds. The number of hydrogen-bond acceptors (Lipinski definition) is 0. The van der Waals surface area contributed by atoms with Gasteiger partial charge in [-0.1, -0.05) is 46.3 Å². The summed E-state index contributed by atoms with van der Waals surface area (Å²) >= 11 is 3.69. The van der Waals surface area contributed by atoms with Crippen LogP contribution in [0.15, 0.2) is 40.9 Å². The SMILES string of the molecule is Brc1ccccc1C[NH+]1CC[NH+](C[C@H]2C[C@H]3C=C[C@H]2C3)CC1. The Hall–Kier alpha value is -0.640. The second-order valence-corrected chi connectivity index (χ2v) is 8.37. The first-order valence-corrected chi connectivity index (χ1v) is 9.66. The molecule has 4 rings (SSSR count). The zero-order valence-electron chi connectivity index (χ0n) is 13.2. The Morgan fingerprint density at radius 2 is 1.73 bits per heavy atom. The third-order valence-electron chi connectivity index (χ3n) is 6.03. The molecular weight excluding hydrogens is 336 g/mol. The number of rotatable bonds is 4. The van der Waals surface area contributed by atoms with Gasteiger partial charge in [0.05, 0.1) is 6.54 Å². The van der Waals surface area contributed by atoms with Crippen molar-refractivity contribution in [1.82, 2.24) is 0 Å². The molecule has 118 valence electrons. The van der Waals surface area contributed by atoms with Crippen LogP contribution in [-0.4, -0.2) is 32.7 Å². The van der Waals surface area contributed by atoms with Gasteiger partial charge in [0.25, 0.3) is 0 Å². The minimum absolute atomic E-state index is 0.920. The lowest BCUT2D eigenvalue weighted by molar-refractivity contribution is -1.02. The molecule has 2 bridgehead atoms. The Kier molecular flexibility index (Phi) is 4.38. The normalized spacial score (nSPS) is 36.9. The van der Waals surface area contributed by atoms with Crippen molar-refractivity contribution in [2.24, 2.45) is 17.8 Å². The molecule has 1 aliphatic heterocycles. The predicted octanol–water partition coefficient (Wildman–Crippen LogP) is 0.945. The molecular formula is C19H27BrN2+2. The van der Waals surface area contributed by atoms with Crippen LogP contribution in [0.2, 0.25) is 0 Å². The molecule has 1 heterocycles. The molecule has 1 saturated heterocycles. The molecule has 0 unspecified atom stereocenters. The highest BCUT2D eigenvalue weighted by Crippen LogP contribution is 2.42. The number of quaternary nitrogens is 2. The van der Waals surface area contributed by atoms with Crippen molar-refractivity contribution in [1.29, 1.82) is 0 Å². The van der Waals surface area contributed by atoms with Crippen LogP contribution in [0.4, 0.5) is 0 Å². The predicted molar refractivity (Wildman–Crippen MR) is 93.0 cm³/mol. The van der Waals surface area contributed by atoms with Crippen LogP contribution < -0.4 is 9.80 Å². The summed E-state index contributed by atoms with van der Waals surface area (Å²) in [6.07, 6.45) is 7.90. The highest BCUT2D eigenvalue weighted by molar-refractivity contribution is 9.10. The van der Waals surface area contributed by atoms with Crippen LogP contribution in [0.3, 0.4) is 0 Å². The summed E-state index contributed by atoms with van der Waals surface area (Å²) in [5.41, 5.74) is 1.46. The molecule has 2 N–H and O–H groups in total. The van der Waals surface area contributed by atoms with Crippen molar-refractivity contribution < 1.29 is 9.80 Å². The van der Waals surface area contributed by atoms with E-state index in [1.54, 1.807) is 4.90 Å². The van der Waals surface area contributed by atoms with Gasteiger partial charge >= 0.3 is 0 Å². The lowest BCUT2D eigenvalue weighted by Gasteiger charge is -2.32. The van der Waals surface area contributed by atoms with E-state index in [0.717, 1.165) is 17.8 Å². The highest BCUT2D eigenvalue weighted by Gasteiger charge is 2.38. The third kappa shape index (κ3) is 3.17. The number of piperazine rings is 1. The van der Waals surface area contributed by atoms with Gasteiger partial charge in [-0.3, -0.25) is 0 Å². The van der Waals surface area contributed by atoms with Crippen LogP contribution in [0.1, 0.15) is 18.4 Å². The van der Waals surface area contributed by atoms with Crippen LogP contribution in [-0.2, 0) is 6.54 Å². The fourth-order valence-electron chi connectivity index (χ4n) is 4.75. The van der Waals surface area contributed by atoms with E-state index >= 15 is 0 Å². The standard InChI is InChI=1S/C19H25BrN2/c20-19-4-2-1-3-17(19)13-21-7-9-22(10-8-21)14-18-12-15-5-6-16(18)11-15/h1-6,15-16,18H,7-14H2/p+2/t15-,16-,18+/m0/s1. The van der Waals surface area contributed by atoms with Crippen LogP contribution in [0.25, 0.3) is 0 Å². The number of fused-ring (bicyclic) bond motifs is 2. The molecule has 0 aromatic heterocycles. The van der Waals surface area contributed by atoms with Crippen LogP contribution in [0, 0.1) is 17.8 Å². The monoisotopic (exact) mass is 362 g/mol. The summed E-state index contributed by atoms with van der Waals surface area (Å²) in [6.45, 7) is 7.97. The first kappa shape index (κ1) is 14.9. The van der Waals surface area contributed by atoms with Gasteiger partial charge in [0, 0.05) is 16.0 Å². The number of hydrogen-bond donors (Lipinski definition) is 2. The van der Waals surface area contributed by atoms with Gasteiger partial charge < -0.3 is 9.80 Å². The van der Waals surface area contributed by atoms with Gasteiger partial charge in [-0.15, -0.1) is 0 Å². The van der Waals surface area contributed by atoms with Gasteiger partial charge in [0.1, 0.15) is 32.7 Å². The van der Waals surface area contributed by atoms with Crippen molar-refractivity contribution in [3.63, 3.8) is 0 Å². The summed E-state index contributed by atoms with van der Waals surface area (Å²) in [7, 11) is 0. The first-order valence-electron chi connectivity index (χ1n) is 8.87. The van der Waals surface area contributed by atoms with Gasteiger partial charge in [0.2, 0.25) is 0 Å². The molecule has 1 aromatic carbocycles. The molecule has 3 atom stereocenters. The first-order chi connectivity index (χ1) is 10.8. The minimum Gasteiger partial charge on any atom is -0.325 e. The van der Waals surface area contributed by atoms with Crippen molar-refractivity contribution in [3.8, 4) is 0 Å². The molecule has 3 heteroatoms. The van der Waals surface area contributed by atoms with Gasteiger partial charge in [-0.25, -0.2) is 0 Å². The average molecular weight is 363 g/mol. The molecule has 2 aliphatic carbocycles. The number of halogens is 1. The Balaban J connectivity index is 1.26. The van der Waals surface area contributed by atoms with Crippen molar-refractivity contribution in [2.75, 3.05) is 32.7 Å². The fraction of sp³-hybridized carbons (Fsp3) is 0.579. The van der Waals surface area contributed by atoms with E-state index in [0.29, 0.717) is 0 Å². The Bertz CT molecular complexity index is 548. The summed E-state index contributed by atoms with van der Waals surface area (Å²) in [6, 6.07) is 8.69. The lowest BCUT2D eigenvalue weighted by atomic mass is 9.93. The summed E-state index contributed by atoms with van der Waals surface area (Å²) in [5, 5.41) is 0. The van der Waals surface area contributed by atoms with Crippen molar-refractivity contribution >= 4 is 15.9 Å². The van der Waals surface area contributed by atoms with E-state index < -0.39 is 0 Å². The molecule has 22 heavy (non-hydrogen) atoms. The lowest BCUT2D eigenvalue weighted by Crippen LogP contribution is -3.27. The zero-order chi connectivity index (χ0) is 14.9. The quantitative estimate of drug-likeness (QED) is 0.737.